The van der Waals surface area contributed by atoms with Crippen molar-refractivity contribution in [3.05, 3.63) is 24.2 Å². The molecule has 0 saturated carbocycles. The summed E-state index contributed by atoms with van der Waals surface area (Å²) in [5, 5.41) is 0.806. The van der Waals surface area contributed by atoms with Crippen molar-refractivity contribution >= 4 is 22.4 Å². The number of ether oxygens (including phenoxy) is 1. The van der Waals surface area contributed by atoms with Gasteiger partial charge in [0.2, 0.25) is 0 Å². The minimum absolute atomic E-state index is 0.431. The summed E-state index contributed by atoms with van der Waals surface area (Å²) in [6.07, 6.45) is 1.66. The molecule has 3 nitrogen and oxygen atoms in total. The predicted octanol–water partition coefficient (Wildman–Crippen LogP) is 2.35. The Kier molecular flexibility index (Phi) is 7.79. The van der Waals surface area contributed by atoms with Crippen LogP contribution in [-0.4, -0.2) is 13.1 Å². The third-order valence-corrected chi connectivity index (χ3v) is 1.50. The highest BCUT2D eigenvalue weighted by Crippen LogP contribution is 2.03. The SMILES string of the molecule is BrCc1ccco1.CCOC=O. The van der Waals surface area contributed by atoms with Crippen LogP contribution in [0.3, 0.4) is 0 Å². The van der Waals surface area contributed by atoms with Gasteiger partial charge in [0, 0.05) is 0 Å². The average molecular weight is 235 g/mol. The molecular formula is C8H11BrO3. The van der Waals surface area contributed by atoms with Gasteiger partial charge in [-0.3, -0.25) is 4.79 Å². The molecule has 0 atom stereocenters. The van der Waals surface area contributed by atoms with E-state index in [0.29, 0.717) is 13.1 Å². The molecule has 4 heteroatoms. The van der Waals surface area contributed by atoms with Crippen LogP contribution in [0.5, 0.6) is 0 Å². The molecule has 0 saturated heterocycles. The number of halogens is 1. The van der Waals surface area contributed by atoms with Crippen LogP contribution in [-0.2, 0) is 14.9 Å². The molecule has 68 valence electrons. The third-order valence-electron chi connectivity index (χ3n) is 0.947. The Bertz CT molecular complexity index is 184. The number of hydrogen-bond acceptors (Lipinski definition) is 3. The first-order valence-corrected chi connectivity index (χ1v) is 4.60. The van der Waals surface area contributed by atoms with Gasteiger partial charge in [-0.2, -0.15) is 0 Å². The fraction of sp³-hybridized carbons (Fsp3) is 0.375. The highest BCUT2D eigenvalue weighted by Gasteiger charge is 1.85. The van der Waals surface area contributed by atoms with Gasteiger partial charge in [0.25, 0.3) is 6.47 Å². The quantitative estimate of drug-likeness (QED) is 0.596. The van der Waals surface area contributed by atoms with Crippen molar-refractivity contribution in [1.82, 2.24) is 0 Å². The smallest absolute Gasteiger partial charge is 0.293 e. The lowest BCUT2D eigenvalue weighted by Crippen LogP contribution is -1.80. The highest BCUT2D eigenvalue weighted by molar-refractivity contribution is 9.08. The van der Waals surface area contributed by atoms with Crippen LogP contribution in [0.15, 0.2) is 22.8 Å². The van der Waals surface area contributed by atoms with Crippen LogP contribution >= 0.6 is 15.9 Å². The maximum absolute atomic E-state index is 9.18. The van der Waals surface area contributed by atoms with E-state index in [9.17, 15) is 4.79 Å². The van der Waals surface area contributed by atoms with Crippen molar-refractivity contribution in [2.24, 2.45) is 0 Å². The van der Waals surface area contributed by atoms with E-state index < -0.39 is 0 Å². The summed E-state index contributed by atoms with van der Waals surface area (Å²) < 4.78 is 9.09. The number of rotatable bonds is 3. The van der Waals surface area contributed by atoms with Crippen molar-refractivity contribution in [1.29, 1.82) is 0 Å². The Morgan fingerprint density at radius 1 is 1.75 bits per heavy atom. The molecule has 0 unspecified atom stereocenters. The second kappa shape index (κ2) is 8.33. The second-order valence-corrected chi connectivity index (χ2v) is 2.33. The summed E-state index contributed by atoms with van der Waals surface area (Å²) >= 11 is 3.24. The first-order chi connectivity index (χ1) is 5.85. The Morgan fingerprint density at radius 3 is 2.67 bits per heavy atom. The summed E-state index contributed by atoms with van der Waals surface area (Å²) in [7, 11) is 0. The minimum Gasteiger partial charge on any atom is -0.468 e. The van der Waals surface area contributed by atoms with Gasteiger partial charge in [-0.15, -0.1) is 0 Å². The molecule has 0 aliphatic carbocycles. The minimum atomic E-state index is 0.431. The third kappa shape index (κ3) is 5.97. The Labute approximate surface area is 79.8 Å². The number of carbonyl (C=O) groups is 1. The Balaban J connectivity index is 0.000000217. The summed E-state index contributed by atoms with van der Waals surface area (Å²) in [4.78, 5) is 9.18. The maximum Gasteiger partial charge on any atom is 0.293 e. The van der Waals surface area contributed by atoms with Crippen LogP contribution in [0.4, 0.5) is 0 Å². The molecule has 0 fully saturated rings. The second-order valence-electron chi connectivity index (χ2n) is 1.76. The summed E-state index contributed by atoms with van der Waals surface area (Å²) in [6, 6.07) is 3.80. The van der Waals surface area contributed by atoms with Crippen molar-refractivity contribution in [3.63, 3.8) is 0 Å². The zero-order valence-corrected chi connectivity index (χ0v) is 8.41. The molecule has 0 spiro atoms. The highest BCUT2D eigenvalue weighted by atomic mass is 79.9. The standard InChI is InChI=1S/C5H5BrO.C3H6O2/c6-4-5-2-1-3-7-5;1-2-5-3-4/h1-3H,4H2;3H,2H2,1H3. The van der Waals surface area contributed by atoms with E-state index in [2.05, 4.69) is 20.7 Å². The van der Waals surface area contributed by atoms with Gasteiger partial charge in [0.15, 0.2) is 0 Å². The first kappa shape index (κ1) is 11.2. The van der Waals surface area contributed by atoms with Crippen LogP contribution in [0, 0.1) is 0 Å². The van der Waals surface area contributed by atoms with Gasteiger partial charge in [-0.25, -0.2) is 0 Å². The largest absolute Gasteiger partial charge is 0.468 e. The normalized spacial score (nSPS) is 8.17. The fourth-order valence-corrected chi connectivity index (χ4v) is 0.776. The van der Waals surface area contributed by atoms with Crippen LogP contribution in [0.1, 0.15) is 12.7 Å². The van der Waals surface area contributed by atoms with E-state index in [-0.39, 0.29) is 0 Å². The van der Waals surface area contributed by atoms with Crippen molar-refractivity contribution < 1.29 is 13.9 Å². The van der Waals surface area contributed by atoms with Crippen molar-refractivity contribution in [2.75, 3.05) is 6.61 Å². The zero-order valence-electron chi connectivity index (χ0n) is 6.83. The van der Waals surface area contributed by atoms with Gasteiger partial charge in [-0.1, -0.05) is 15.9 Å². The molecule has 0 aromatic carbocycles. The molecule has 0 N–H and O–H groups in total. The zero-order chi connectivity index (χ0) is 9.23. The molecule has 0 amide bonds. The Hall–Kier alpha value is -0.770. The fourth-order valence-electron chi connectivity index (χ4n) is 0.457. The van der Waals surface area contributed by atoms with E-state index in [4.69, 9.17) is 4.42 Å². The van der Waals surface area contributed by atoms with Gasteiger partial charge in [-0.05, 0) is 19.1 Å². The molecule has 0 aliphatic heterocycles. The number of furan rings is 1. The number of carbonyl (C=O) groups excluding carboxylic acids is 1. The summed E-state index contributed by atoms with van der Waals surface area (Å²) in [6.45, 7) is 2.66. The topological polar surface area (TPSA) is 39.4 Å². The van der Waals surface area contributed by atoms with Crippen LogP contribution < -0.4 is 0 Å². The van der Waals surface area contributed by atoms with E-state index in [1.807, 2.05) is 12.1 Å². The number of alkyl halides is 1. The molecule has 12 heavy (non-hydrogen) atoms. The Morgan fingerprint density at radius 2 is 2.50 bits per heavy atom. The maximum atomic E-state index is 9.18. The summed E-state index contributed by atoms with van der Waals surface area (Å²) in [5.74, 6) is 0.972. The molecule has 0 aliphatic rings. The molecule has 1 aromatic rings. The lowest BCUT2D eigenvalue weighted by Gasteiger charge is -1.79. The average Bonchev–Trinajstić information content (AvgIpc) is 2.58. The molecule has 1 aromatic heterocycles. The van der Waals surface area contributed by atoms with E-state index in [0.717, 1.165) is 11.1 Å². The predicted molar refractivity (Wildman–Crippen MR) is 49.0 cm³/mol. The molecule has 1 rings (SSSR count). The number of hydrogen-bond donors (Lipinski definition) is 0. The van der Waals surface area contributed by atoms with E-state index in [1.54, 1.807) is 13.2 Å². The van der Waals surface area contributed by atoms with E-state index >= 15 is 0 Å². The van der Waals surface area contributed by atoms with Gasteiger partial charge in [0.1, 0.15) is 5.76 Å². The molecule has 0 bridgehead atoms. The van der Waals surface area contributed by atoms with Gasteiger partial charge < -0.3 is 9.15 Å². The molecular weight excluding hydrogens is 224 g/mol. The molecule has 1 heterocycles. The van der Waals surface area contributed by atoms with E-state index in [1.165, 1.54) is 0 Å². The van der Waals surface area contributed by atoms with Gasteiger partial charge in [0.05, 0.1) is 18.2 Å². The van der Waals surface area contributed by atoms with Crippen LogP contribution in [0.25, 0.3) is 0 Å². The van der Waals surface area contributed by atoms with Crippen molar-refractivity contribution in [3.8, 4) is 0 Å². The summed E-state index contributed by atoms with van der Waals surface area (Å²) in [5.41, 5.74) is 0. The lowest BCUT2D eigenvalue weighted by molar-refractivity contribution is -0.128. The first-order valence-electron chi connectivity index (χ1n) is 3.48. The van der Waals surface area contributed by atoms with Crippen molar-refractivity contribution in [2.45, 2.75) is 12.3 Å². The van der Waals surface area contributed by atoms with Gasteiger partial charge >= 0.3 is 0 Å². The van der Waals surface area contributed by atoms with Crippen LogP contribution in [0.2, 0.25) is 0 Å². The lowest BCUT2D eigenvalue weighted by atomic mass is 10.5. The monoisotopic (exact) mass is 234 g/mol. The molecule has 0 radical (unpaired) electrons.